The summed E-state index contributed by atoms with van der Waals surface area (Å²) in [4.78, 5) is 32.9. The van der Waals surface area contributed by atoms with Crippen molar-refractivity contribution in [2.24, 2.45) is 23.2 Å². The number of rotatable bonds is 6. The highest BCUT2D eigenvalue weighted by atomic mass is 16.5. The Labute approximate surface area is 204 Å². The SMILES string of the molecule is COc1ccc(-c2nc(COC(=O)[C@@H]3CC(O)CN3C(=O)C34CC5CC(CC(C5)C3)C4)co2)cc1. The third kappa shape index (κ3) is 4.11. The number of benzene rings is 1. The fraction of sp³-hybridized carbons (Fsp3) is 0.593. The number of likely N-dealkylation sites (tertiary alicyclic amines) is 1. The number of methoxy groups -OCH3 is 1. The van der Waals surface area contributed by atoms with E-state index in [0.29, 0.717) is 29.3 Å². The van der Waals surface area contributed by atoms with Crippen molar-refractivity contribution in [2.75, 3.05) is 13.7 Å². The van der Waals surface area contributed by atoms with Gasteiger partial charge in [0.15, 0.2) is 0 Å². The van der Waals surface area contributed by atoms with Gasteiger partial charge in [-0.05, 0) is 80.5 Å². The molecule has 0 spiro atoms. The topological polar surface area (TPSA) is 102 Å². The summed E-state index contributed by atoms with van der Waals surface area (Å²) in [6.45, 7) is 0.149. The summed E-state index contributed by atoms with van der Waals surface area (Å²) in [6, 6.07) is 6.57. The molecule has 1 aliphatic heterocycles. The standard InChI is InChI=1S/C27H32N2O6/c1-33-22-4-2-19(3-5-22)24-28-20(14-34-24)15-35-25(31)23-9-21(30)13-29(23)26(32)27-10-16-6-17(11-27)8-18(7-16)12-27/h2-5,14,16-18,21,23,30H,6-13,15H2,1H3/t16?,17?,18?,21?,23-,27?/m0/s1. The Morgan fingerprint density at radius 2 is 1.74 bits per heavy atom. The first-order valence-corrected chi connectivity index (χ1v) is 12.7. The van der Waals surface area contributed by atoms with Gasteiger partial charge in [0, 0.05) is 18.5 Å². The maximum atomic E-state index is 13.8. The van der Waals surface area contributed by atoms with Crippen LogP contribution in [0.3, 0.4) is 0 Å². The maximum absolute atomic E-state index is 13.8. The molecule has 7 rings (SSSR count). The third-order valence-electron chi connectivity index (χ3n) is 8.55. The molecular formula is C27H32N2O6. The summed E-state index contributed by atoms with van der Waals surface area (Å²) >= 11 is 0. The lowest BCUT2D eigenvalue weighted by atomic mass is 9.49. The van der Waals surface area contributed by atoms with Gasteiger partial charge in [-0.25, -0.2) is 9.78 Å². The molecule has 8 heteroatoms. The van der Waals surface area contributed by atoms with Gasteiger partial charge in [0.2, 0.25) is 11.8 Å². The number of esters is 1. The van der Waals surface area contributed by atoms with Crippen LogP contribution in [0, 0.1) is 23.2 Å². The lowest BCUT2D eigenvalue weighted by Gasteiger charge is -2.56. The number of hydrogen-bond acceptors (Lipinski definition) is 7. The molecule has 186 valence electrons. The smallest absolute Gasteiger partial charge is 0.329 e. The first-order valence-electron chi connectivity index (χ1n) is 12.7. The molecule has 35 heavy (non-hydrogen) atoms. The molecule has 0 radical (unpaired) electrons. The summed E-state index contributed by atoms with van der Waals surface area (Å²) in [5.74, 6) is 2.63. The molecule has 5 fully saturated rings. The zero-order valence-corrected chi connectivity index (χ0v) is 20.0. The minimum Gasteiger partial charge on any atom is -0.497 e. The number of β-amino-alcohol motifs (C(OH)–C–C–N with tert-alkyl or cyclic N) is 1. The summed E-state index contributed by atoms with van der Waals surface area (Å²) in [6.07, 6.45) is 7.50. The quantitative estimate of drug-likeness (QED) is 0.631. The van der Waals surface area contributed by atoms with Crippen LogP contribution in [0.4, 0.5) is 0 Å². The van der Waals surface area contributed by atoms with E-state index in [-0.39, 0.29) is 30.9 Å². The van der Waals surface area contributed by atoms with Crippen LogP contribution in [0.15, 0.2) is 34.9 Å². The molecule has 1 aromatic heterocycles. The Morgan fingerprint density at radius 1 is 1.09 bits per heavy atom. The van der Waals surface area contributed by atoms with Gasteiger partial charge in [0.05, 0.1) is 18.6 Å². The van der Waals surface area contributed by atoms with Crippen LogP contribution in [-0.4, -0.2) is 52.7 Å². The zero-order chi connectivity index (χ0) is 24.2. The second-order valence-electron chi connectivity index (χ2n) is 11.0. The zero-order valence-electron chi connectivity index (χ0n) is 20.0. The van der Waals surface area contributed by atoms with E-state index in [1.807, 2.05) is 24.3 Å². The lowest BCUT2D eigenvalue weighted by Crippen LogP contribution is -2.56. The molecule has 1 N–H and O–H groups in total. The average Bonchev–Trinajstić information content (AvgIpc) is 3.48. The van der Waals surface area contributed by atoms with Gasteiger partial charge < -0.3 is 23.9 Å². The second-order valence-corrected chi connectivity index (χ2v) is 11.0. The number of carbonyl (C=O) groups is 2. The van der Waals surface area contributed by atoms with Crippen LogP contribution < -0.4 is 4.74 Å². The van der Waals surface area contributed by atoms with Crippen LogP contribution >= 0.6 is 0 Å². The fourth-order valence-corrected chi connectivity index (χ4v) is 7.42. The van der Waals surface area contributed by atoms with Gasteiger partial charge in [-0.2, -0.15) is 0 Å². The van der Waals surface area contributed by atoms with Crippen molar-refractivity contribution < 1.29 is 28.6 Å². The van der Waals surface area contributed by atoms with E-state index in [2.05, 4.69) is 4.98 Å². The highest BCUT2D eigenvalue weighted by molar-refractivity contribution is 5.89. The van der Waals surface area contributed by atoms with E-state index >= 15 is 0 Å². The van der Waals surface area contributed by atoms with Crippen molar-refractivity contribution in [1.82, 2.24) is 9.88 Å². The van der Waals surface area contributed by atoms with Crippen LogP contribution in [0.5, 0.6) is 5.75 Å². The molecule has 4 aliphatic carbocycles. The first kappa shape index (κ1) is 22.6. The number of aliphatic hydroxyl groups is 1. The van der Waals surface area contributed by atoms with Crippen molar-refractivity contribution in [3.05, 3.63) is 36.2 Å². The van der Waals surface area contributed by atoms with Crippen molar-refractivity contribution in [1.29, 1.82) is 0 Å². The monoisotopic (exact) mass is 480 g/mol. The van der Waals surface area contributed by atoms with E-state index in [0.717, 1.165) is 30.6 Å². The number of oxazole rings is 1. The van der Waals surface area contributed by atoms with Crippen LogP contribution in [0.1, 0.15) is 50.6 Å². The average molecular weight is 481 g/mol. The summed E-state index contributed by atoms with van der Waals surface area (Å²) in [7, 11) is 1.60. The number of aliphatic hydroxyl groups excluding tert-OH is 1. The van der Waals surface area contributed by atoms with E-state index in [1.54, 1.807) is 12.0 Å². The van der Waals surface area contributed by atoms with Gasteiger partial charge in [0.25, 0.3) is 0 Å². The molecule has 2 aromatic rings. The molecule has 2 atom stereocenters. The summed E-state index contributed by atoms with van der Waals surface area (Å²) in [5.41, 5.74) is 0.924. The van der Waals surface area contributed by atoms with Gasteiger partial charge >= 0.3 is 5.97 Å². The number of amides is 1. The molecule has 2 heterocycles. The summed E-state index contributed by atoms with van der Waals surface area (Å²) in [5, 5.41) is 10.4. The Kier molecular flexibility index (Phi) is 5.59. The van der Waals surface area contributed by atoms with E-state index in [1.165, 1.54) is 25.5 Å². The van der Waals surface area contributed by atoms with Gasteiger partial charge in [-0.15, -0.1) is 0 Å². The normalized spacial score (nSPS) is 33.2. The molecular weight excluding hydrogens is 448 g/mol. The lowest BCUT2D eigenvalue weighted by molar-refractivity contribution is -0.166. The molecule has 1 amide bonds. The predicted octanol–water partition coefficient (Wildman–Crippen LogP) is 3.57. The Morgan fingerprint density at radius 3 is 2.37 bits per heavy atom. The summed E-state index contributed by atoms with van der Waals surface area (Å²) < 4.78 is 16.3. The molecule has 8 nitrogen and oxygen atoms in total. The Balaban J connectivity index is 1.11. The Bertz CT molecular complexity index is 1070. The number of aromatic nitrogens is 1. The van der Waals surface area contributed by atoms with Gasteiger partial charge in [0.1, 0.15) is 30.4 Å². The number of ether oxygens (including phenoxy) is 2. The predicted molar refractivity (Wildman–Crippen MR) is 125 cm³/mol. The van der Waals surface area contributed by atoms with Crippen LogP contribution in [0.25, 0.3) is 11.5 Å². The van der Waals surface area contributed by atoms with Crippen molar-refractivity contribution in [3.8, 4) is 17.2 Å². The Hall–Kier alpha value is -2.87. The minimum atomic E-state index is -0.751. The first-order chi connectivity index (χ1) is 16.9. The van der Waals surface area contributed by atoms with E-state index in [4.69, 9.17) is 13.9 Å². The third-order valence-corrected chi connectivity index (χ3v) is 8.55. The molecule has 5 aliphatic rings. The largest absolute Gasteiger partial charge is 0.497 e. The van der Waals surface area contributed by atoms with Crippen LogP contribution in [-0.2, 0) is 20.9 Å². The van der Waals surface area contributed by atoms with Crippen molar-refractivity contribution in [3.63, 3.8) is 0 Å². The molecule has 1 saturated heterocycles. The molecule has 1 unspecified atom stereocenters. The second kappa shape index (κ2) is 8.66. The van der Waals surface area contributed by atoms with Crippen molar-refractivity contribution in [2.45, 2.75) is 63.7 Å². The minimum absolute atomic E-state index is 0.0511. The highest BCUT2D eigenvalue weighted by Gasteiger charge is 2.57. The van der Waals surface area contributed by atoms with E-state index < -0.39 is 18.1 Å². The number of nitrogens with zero attached hydrogens (tertiary/aromatic N) is 2. The highest BCUT2D eigenvalue weighted by Crippen LogP contribution is 2.60. The molecule has 4 saturated carbocycles. The van der Waals surface area contributed by atoms with Crippen LogP contribution in [0.2, 0.25) is 0 Å². The fourth-order valence-electron chi connectivity index (χ4n) is 7.42. The maximum Gasteiger partial charge on any atom is 0.329 e. The number of carbonyl (C=O) groups excluding carboxylic acids is 2. The molecule has 4 bridgehead atoms. The van der Waals surface area contributed by atoms with Gasteiger partial charge in [-0.1, -0.05) is 0 Å². The number of hydrogen-bond donors (Lipinski definition) is 1. The van der Waals surface area contributed by atoms with E-state index in [9.17, 15) is 14.7 Å². The van der Waals surface area contributed by atoms with Crippen molar-refractivity contribution >= 4 is 11.9 Å². The van der Waals surface area contributed by atoms with Gasteiger partial charge in [-0.3, -0.25) is 4.79 Å². The molecule has 1 aromatic carbocycles.